The van der Waals surface area contributed by atoms with Gasteiger partial charge in [-0.1, -0.05) is 18.2 Å². The number of carbonyl (C=O) groups excluding carboxylic acids is 1. The Labute approximate surface area is 162 Å². The van der Waals surface area contributed by atoms with Crippen molar-refractivity contribution in [2.75, 3.05) is 23.8 Å². The minimum Gasteiger partial charge on any atom is -0.359 e. The molecular formula is C17H12F9N3O. The van der Waals surface area contributed by atoms with Gasteiger partial charge < -0.3 is 10.2 Å². The molecule has 1 aromatic carbocycles. The number of benzene rings is 1. The highest BCUT2D eigenvalue weighted by Gasteiger charge is 2.83. The average molecular weight is 445 g/mol. The quantitative estimate of drug-likeness (QED) is 0.698. The largest absolute Gasteiger partial charge is 0.460 e. The number of amides is 1. The Bertz CT molecular complexity index is 1000. The van der Waals surface area contributed by atoms with Gasteiger partial charge in [-0.3, -0.25) is 4.79 Å². The van der Waals surface area contributed by atoms with E-state index in [2.05, 4.69) is 4.98 Å². The molecule has 1 aliphatic heterocycles. The van der Waals surface area contributed by atoms with E-state index in [1.165, 1.54) is 29.6 Å². The first-order chi connectivity index (χ1) is 13.6. The fourth-order valence-electron chi connectivity index (χ4n) is 3.03. The Hall–Kier alpha value is -2.73. The lowest BCUT2D eigenvalue weighted by molar-refractivity contribution is -0.388. The molecule has 3 rings (SSSR count). The third-order valence-corrected chi connectivity index (χ3v) is 4.70. The number of hydrogen-bond acceptors (Lipinski definition) is 3. The van der Waals surface area contributed by atoms with Gasteiger partial charge in [0.05, 0.1) is 11.2 Å². The van der Waals surface area contributed by atoms with Gasteiger partial charge in [0.1, 0.15) is 5.82 Å². The molecule has 0 atom stereocenters. The molecule has 13 heteroatoms. The molecule has 0 radical (unpaired) electrons. The molecule has 0 fully saturated rings. The van der Waals surface area contributed by atoms with E-state index in [0.29, 0.717) is 6.54 Å². The smallest absolute Gasteiger partial charge is 0.359 e. The number of pyridine rings is 1. The monoisotopic (exact) mass is 445 g/mol. The maximum atomic E-state index is 14.0. The molecule has 1 aromatic heterocycles. The fraction of sp³-hybridized carbons (Fsp3) is 0.412. The van der Waals surface area contributed by atoms with Gasteiger partial charge in [-0.15, -0.1) is 0 Å². The number of likely N-dealkylation sites (N-methyl/N-ethyl adjacent to an activating group) is 1. The molecule has 2 heterocycles. The molecule has 0 spiro atoms. The zero-order valence-corrected chi connectivity index (χ0v) is 14.9. The summed E-state index contributed by atoms with van der Waals surface area (Å²) in [5, 5.41) is 1.47. The minimum atomic E-state index is -7.15. The van der Waals surface area contributed by atoms with Crippen LogP contribution in [0.3, 0.4) is 0 Å². The molecule has 0 aliphatic carbocycles. The van der Waals surface area contributed by atoms with E-state index in [1.54, 1.807) is 11.9 Å². The van der Waals surface area contributed by atoms with Crippen LogP contribution in [0.15, 0.2) is 24.3 Å². The number of hydrogen-bond donors (Lipinski definition) is 1. The van der Waals surface area contributed by atoms with Crippen LogP contribution in [-0.2, 0) is 11.2 Å². The predicted octanol–water partition coefficient (Wildman–Crippen LogP) is 4.63. The van der Waals surface area contributed by atoms with Gasteiger partial charge in [0.25, 0.3) is 0 Å². The van der Waals surface area contributed by atoms with Crippen molar-refractivity contribution in [1.29, 1.82) is 0 Å². The first-order valence-electron chi connectivity index (χ1n) is 8.27. The molecular weight excluding hydrogens is 433 g/mol. The summed E-state index contributed by atoms with van der Waals surface area (Å²) in [5.41, 5.74) is -0.0852. The molecule has 1 aliphatic rings. The van der Waals surface area contributed by atoms with Crippen LogP contribution in [0.1, 0.15) is 5.56 Å². The molecule has 0 saturated heterocycles. The first-order valence-corrected chi connectivity index (χ1v) is 8.27. The standard InChI is InChI=1S/C17H12F9N3O/c1-29-7-6-9-11(8-4-2-3-5-10(8)27-12(9)29)28-13(30)14(18,19)15(20,21)16(22,23)17(24,25)26/h2-5H,6-7H2,1H3,(H,27,28,30). The zero-order chi connectivity index (χ0) is 22.7. The van der Waals surface area contributed by atoms with Crippen molar-refractivity contribution in [2.45, 2.75) is 30.4 Å². The third kappa shape index (κ3) is 3.01. The second kappa shape index (κ2) is 6.64. The summed E-state index contributed by atoms with van der Waals surface area (Å²) in [4.78, 5) is 17.7. The molecule has 30 heavy (non-hydrogen) atoms. The molecule has 0 saturated carbocycles. The van der Waals surface area contributed by atoms with Gasteiger partial charge in [0, 0.05) is 24.5 Å². The Morgan fingerprint density at radius 3 is 2.20 bits per heavy atom. The van der Waals surface area contributed by atoms with E-state index in [0.717, 1.165) is 0 Å². The number of anilines is 2. The maximum absolute atomic E-state index is 14.0. The van der Waals surface area contributed by atoms with Crippen molar-refractivity contribution in [2.24, 2.45) is 0 Å². The lowest BCUT2D eigenvalue weighted by Gasteiger charge is -2.32. The number of para-hydroxylation sites is 1. The second-order valence-corrected chi connectivity index (χ2v) is 6.65. The summed E-state index contributed by atoms with van der Waals surface area (Å²) in [6.07, 6.45) is -6.87. The average Bonchev–Trinajstić information content (AvgIpc) is 3.01. The molecule has 164 valence electrons. The van der Waals surface area contributed by atoms with E-state index < -0.39 is 35.5 Å². The first kappa shape index (κ1) is 22.0. The van der Waals surface area contributed by atoms with Gasteiger partial charge in [0.15, 0.2) is 0 Å². The Balaban J connectivity index is 2.07. The summed E-state index contributed by atoms with van der Waals surface area (Å²) < 4.78 is 118. The maximum Gasteiger partial charge on any atom is 0.460 e. The lowest BCUT2D eigenvalue weighted by Crippen LogP contribution is -2.64. The van der Waals surface area contributed by atoms with Gasteiger partial charge in [-0.25, -0.2) is 4.98 Å². The van der Waals surface area contributed by atoms with Crippen molar-refractivity contribution < 1.29 is 44.3 Å². The van der Waals surface area contributed by atoms with E-state index >= 15 is 0 Å². The van der Waals surface area contributed by atoms with Crippen LogP contribution in [0, 0.1) is 0 Å². The Morgan fingerprint density at radius 1 is 1.00 bits per heavy atom. The van der Waals surface area contributed by atoms with Crippen LogP contribution in [0.2, 0.25) is 0 Å². The highest BCUT2D eigenvalue weighted by molar-refractivity contribution is 6.06. The van der Waals surface area contributed by atoms with Crippen molar-refractivity contribution in [3.05, 3.63) is 29.8 Å². The Morgan fingerprint density at radius 2 is 1.60 bits per heavy atom. The molecule has 0 unspecified atom stereocenters. The summed E-state index contributed by atoms with van der Waals surface area (Å²) in [5.74, 6) is -23.3. The van der Waals surface area contributed by atoms with Crippen LogP contribution >= 0.6 is 0 Å². The van der Waals surface area contributed by atoms with Gasteiger partial charge in [0.2, 0.25) is 0 Å². The number of carbonyl (C=O) groups is 1. The molecule has 1 N–H and O–H groups in total. The van der Waals surface area contributed by atoms with Gasteiger partial charge >= 0.3 is 29.9 Å². The van der Waals surface area contributed by atoms with Crippen molar-refractivity contribution in [3.63, 3.8) is 0 Å². The number of aromatic nitrogens is 1. The summed E-state index contributed by atoms with van der Waals surface area (Å²) >= 11 is 0. The highest BCUT2D eigenvalue weighted by atomic mass is 19.4. The third-order valence-electron chi connectivity index (χ3n) is 4.70. The van der Waals surface area contributed by atoms with Crippen LogP contribution in [0.5, 0.6) is 0 Å². The van der Waals surface area contributed by atoms with Crippen molar-refractivity contribution >= 4 is 28.3 Å². The van der Waals surface area contributed by atoms with Crippen LogP contribution < -0.4 is 10.2 Å². The SMILES string of the molecule is CN1CCc2c1nc1ccccc1c2NC(=O)C(F)(F)C(F)(F)C(F)(F)C(F)(F)F. The molecule has 0 bridgehead atoms. The zero-order valence-electron chi connectivity index (χ0n) is 14.9. The molecule has 1 amide bonds. The summed E-state index contributed by atoms with van der Waals surface area (Å²) in [7, 11) is 1.58. The summed E-state index contributed by atoms with van der Waals surface area (Å²) in [6.45, 7) is 0.320. The number of nitrogens with one attached hydrogen (secondary N) is 1. The minimum absolute atomic E-state index is 0.0293. The van der Waals surface area contributed by atoms with E-state index in [1.807, 2.05) is 0 Å². The lowest BCUT2D eigenvalue weighted by atomic mass is 10.0. The van der Waals surface area contributed by atoms with Crippen LogP contribution in [-0.4, -0.2) is 48.4 Å². The predicted molar refractivity (Wildman–Crippen MR) is 88.2 cm³/mol. The van der Waals surface area contributed by atoms with E-state index in [4.69, 9.17) is 0 Å². The van der Waals surface area contributed by atoms with Crippen LogP contribution in [0.4, 0.5) is 51.0 Å². The number of halogens is 9. The topological polar surface area (TPSA) is 45.2 Å². The number of alkyl halides is 9. The molecule has 2 aromatic rings. The number of fused-ring (bicyclic) bond motifs is 2. The second-order valence-electron chi connectivity index (χ2n) is 6.65. The normalized spacial score (nSPS) is 15.5. The van der Waals surface area contributed by atoms with Crippen molar-refractivity contribution in [3.8, 4) is 0 Å². The van der Waals surface area contributed by atoms with E-state index in [9.17, 15) is 44.3 Å². The van der Waals surface area contributed by atoms with Crippen LogP contribution in [0.25, 0.3) is 10.9 Å². The van der Waals surface area contributed by atoms with Crippen molar-refractivity contribution in [1.82, 2.24) is 4.98 Å². The van der Waals surface area contributed by atoms with Gasteiger partial charge in [-0.05, 0) is 12.5 Å². The number of nitrogens with zero attached hydrogens (tertiary/aromatic N) is 2. The summed E-state index contributed by atoms with van der Waals surface area (Å²) in [6, 6.07) is 5.64. The van der Waals surface area contributed by atoms with Gasteiger partial charge in [-0.2, -0.15) is 39.5 Å². The molecule has 4 nitrogen and oxygen atoms in total. The van der Waals surface area contributed by atoms with E-state index in [-0.39, 0.29) is 28.7 Å². The highest BCUT2D eigenvalue weighted by Crippen LogP contribution is 2.53. The fourth-order valence-corrected chi connectivity index (χ4v) is 3.03. The Kier molecular flexibility index (Phi) is 4.86. The number of rotatable bonds is 4.